The summed E-state index contributed by atoms with van der Waals surface area (Å²) in [6.45, 7) is 0.309. The molecule has 0 radical (unpaired) electrons. The summed E-state index contributed by atoms with van der Waals surface area (Å²) in [6.07, 6.45) is 0.612. The van der Waals surface area contributed by atoms with Gasteiger partial charge in [0.25, 0.3) is 0 Å². The predicted octanol–water partition coefficient (Wildman–Crippen LogP) is 4.01. The lowest BCUT2D eigenvalue weighted by molar-refractivity contribution is 0.551. The number of nitrogens with two attached hydrogens (primary N) is 1. The van der Waals surface area contributed by atoms with Crippen molar-refractivity contribution in [2.24, 2.45) is 5.73 Å². The molecule has 0 spiro atoms. The molecule has 0 aromatic heterocycles. The summed E-state index contributed by atoms with van der Waals surface area (Å²) in [5.74, 6) is -1.28. The van der Waals surface area contributed by atoms with Gasteiger partial charge in [-0.05, 0) is 36.2 Å². The standard InChI is InChI=1S/C15H14BrF2N/c16-14-4-2-1-3-10(14)7-11(9-19)13-6-5-12(17)8-15(13)18/h1-6,8,11H,7,9,19H2. The Bertz CT molecular complexity index is 572. The first-order valence-corrected chi connectivity index (χ1v) is 6.79. The summed E-state index contributed by atoms with van der Waals surface area (Å²) in [5, 5.41) is 0. The molecule has 0 amide bonds. The molecular formula is C15H14BrF2N. The Hall–Kier alpha value is -1.26. The van der Waals surface area contributed by atoms with Gasteiger partial charge >= 0.3 is 0 Å². The zero-order chi connectivity index (χ0) is 13.8. The highest BCUT2D eigenvalue weighted by Gasteiger charge is 2.16. The highest BCUT2D eigenvalue weighted by molar-refractivity contribution is 9.10. The number of rotatable bonds is 4. The number of halogens is 3. The van der Waals surface area contributed by atoms with E-state index >= 15 is 0 Å². The van der Waals surface area contributed by atoms with Gasteiger partial charge in [-0.2, -0.15) is 0 Å². The summed E-state index contributed by atoms with van der Waals surface area (Å²) in [7, 11) is 0. The lowest BCUT2D eigenvalue weighted by atomic mass is 9.91. The van der Waals surface area contributed by atoms with Crippen LogP contribution in [0.5, 0.6) is 0 Å². The van der Waals surface area contributed by atoms with E-state index in [1.165, 1.54) is 12.1 Å². The molecule has 2 aromatic rings. The molecule has 100 valence electrons. The van der Waals surface area contributed by atoms with Gasteiger partial charge in [0.1, 0.15) is 11.6 Å². The third-order valence-electron chi connectivity index (χ3n) is 3.11. The van der Waals surface area contributed by atoms with E-state index in [1.807, 2.05) is 24.3 Å². The number of hydrogen-bond donors (Lipinski definition) is 1. The summed E-state index contributed by atoms with van der Waals surface area (Å²) >= 11 is 3.46. The molecule has 0 bridgehead atoms. The average Bonchev–Trinajstić information content (AvgIpc) is 2.39. The molecule has 0 aliphatic rings. The Morgan fingerprint density at radius 1 is 1.11 bits per heavy atom. The fourth-order valence-corrected chi connectivity index (χ4v) is 2.53. The minimum absolute atomic E-state index is 0.167. The van der Waals surface area contributed by atoms with Crippen LogP contribution in [0.1, 0.15) is 17.0 Å². The van der Waals surface area contributed by atoms with Crippen LogP contribution in [0, 0.1) is 11.6 Å². The number of benzene rings is 2. The molecule has 0 aliphatic carbocycles. The van der Waals surface area contributed by atoms with Crippen molar-refractivity contribution >= 4 is 15.9 Å². The molecule has 19 heavy (non-hydrogen) atoms. The summed E-state index contributed by atoms with van der Waals surface area (Å²) < 4.78 is 27.7. The maximum absolute atomic E-state index is 13.8. The largest absolute Gasteiger partial charge is 0.330 e. The van der Waals surface area contributed by atoms with Gasteiger partial charge in [0.15, 0.2) is 0 Å². The van der Waals surface area contributed by atoms with E-state index in [0.29, 0.717) is 18.5 Å². The Morgan fingerprint density at radius 3 is 2.47 bits per heavy atom. The van der Waals surface area contributed by atoms with Gasteiger partial charge in [-0.15, -0.1) is 0 Å². The average molecular weight is 326 g/mol. The third-order valence-corrected chi connectivity index (χ3v) is 3.88. The molecule has 1 unspecified atom stereocenters. The first-order valence-electron chi connectivity index (χ1n) is 6.00. The Kier molecular flexibility index (Phi) is 4.66. The van der Waals surface area contributed by atoms with Crippen LogP contribution in [0.3, 0.4) is 0 Å². The molecule has 2 aromatic carbocycles. The highest BCUT2D eigenvalue weighted by Crippen LogP contribution is 2.26. The molecular weight excluding hydrogens is 312 g/mol. The van der Waals surface area contributed by atoms with Gasteiger partial charge < -0.3 is 5.73 Å². The SMILES string of the molecule is NCC(Cc1ccccc1Br)c1ccc(F)cc1F. The predicted molar refractivity (Wildman–Crippen MR) is 76.0 cm³/mol. The molecule has 0 heterocycles. The van der Waals surface area contributed by atoms with Crippen molar-refractivity contribution in [2.45, 2.75) is 12.3 Å². The molecule has 1 nitrogen and oxygen atoms in total. The van der Waals surface area contributed by atoms with E-state index < -0.39 is 11.6 Å². The Balaban J connectivity index is 2.28. The second-order valence-electron chi connectivity index (χ2n) is 4.39. The minimum Gasteiger partial charge on any atom is -0.330 e. The van der Waals surface area contributed by atoms with Crippen molar-refractivity contribution in [1.82, 2.24) is 0 Å². The quantitative estimate of drug-likeness (QED) is 0.903. The first-order chi connectivity index (χ1) is 9.11. The van der Waals surface area contributed by atoms with Crippen molar-refractivity contribution in [2.75, 3.05) is 6.54 Å². The first kappa shape index (κ1) is 14.2. The molecule has 0 aliphatic heterocycles. The van der Waals surface area contributed by atoms with Crippen molar-refractivity contribution < 1.29 is 8.78 Å². The van der Waals surface area contributed by atoms with Crippen LogP contribution >= 0.6 is 15.9 Å². The molecule has 4 heteroatoms. The van der Waals surface area contributed by atoms with Gasteiger partial charge in [-0.1, -0.05) is 40.2 Å². The molecule has 0 saturated heterocycles. The van der Waals surface area contributed by atoms with Crippen molar-refractivity contribution in [3.8, 4) is 0 Å². The van der Waals surface area contributed by atoms with Gasteiger partial charge in [0, 0.05) is 16.5 Å². The molecule has 0 fully saturated rings. The van der Waals surface area contributed by atoms with Crippen molar-refractivity contribution in [3.05, 3.63) is 69.7 Å². The fraction of sp³-hybridized carbons (Fsp3) is 0.200. The second-order valence-corrected chi connectivity index (χ2v) is 5.25. The fourth-order valence-electron chi connectivity index (χ4n) is 2.08. The van der Waals surface area contributed by atoms with E-state index in [0.717, 1.165) is 16.1 Å². The molecule has 0 saturated carbocycles. The summed E-state index contributed by atoms with van der Waals surface area (Å²) in [5.41, 5.74) is 7.25. The van der Waals surface area contributed by atoms with E-state index in [-0.39, 0.29) is 5.92 Å². The van der Waals surface area contributed by atoms with Crippen LogP contribution in [0.2, 0.25) is 0 Å². The lowest BCUT2D eigenvalue weighted by Crippen LogP contribution is -2.16. The smallest absolute Gasteiger partial charge is 0.129 e. The van der Waals surface area contributed by atoms with Gasteiger partial charge in [0.2, 0.25) is 0 Å². The number of hydrogen-bond acceptors (Lipinski definition) is 1. The summed E-state index contributed by atoms with van der Waals surface area (Å²) in [4.78, 5) is 0. The van der Waals surface area contributed by atoms with Crippen molar-refractivity contribution in [3.63, 3.8) is 0 Å². The van der Waals surface area contributed by atoms with E-state index in [1.54, 1.807) is 0 Å². The highest BCUT2D eigenvalue weighted by atomic mass is 79.9. The summed E-state index contributed by atoms with van der Waals surface area (Å²) in [6, 6.07) is 11.4. The maximum atomic E-state index is 13.8. The van der Waals surface area contributed by atoms with E-state index in [2.05, 4.69) is 15.9 Å². The zero-order valence-corrected chi connectivity index (χ0v) is 11.8. The molecule has 2 N–H and O–H groups in total. The molecule has 1 atom stereocenters. The third kappa shape index (κ3) is 3.39. The molecule has 2 rings (SSSR count). The van der Waals surface area contributed by atoms with Crippen LogP contribution in [0.15, 0.2) is 46.9 Å². The van der Waals surface area contributed by atoms with Gasteiger partial charge in [0.05, 0.1) is 0 Å². The van der Waals surface area contributed by atoms with Gasteiger partial charge in [-0.25, -0.2) is 8.78 Å². The van der Waals surface area contributed by atoms with Crippen LogP contribution in [-0.2, 0) is 6.42 Å². The Morgan fingerprint density at radius 2 is 1.84 bits per heavy atom. The monoisotopic (exact) mass is 325 g/mol. The van der Waals surface area contributed by atoms with Crippen molar-refractivity contribution in [1.29, 1.82) is 0 Å². The van der Waals surface area contributed by atoms with Gasteiger partial charge in [-0.3, -0.25) is 0 Å². The van der Waals surface area contributed by atoms with Crippen LogP contribution in [0.25, 0.3) is 0 Å². The topological polar surface area (TPSA) is 26.0 Å². The van der Waals surface area contributed by atoms with Crippen LogP contribution in [-0.4, -0.2) is 6.54 Å². The second kappa shape index (κ2) is 6.26. The maximum Gasteiger partial charge on any atom is 0.129 e. The minimum atomic E-state index is -0.571. The van der Waals surface area contributed by atoms with E-state index in [9.17, 15) is 8.78 Å². The lowest BCUT2D eigenvalue weighted by Gasteiger charge is -2.17. The van der Waals surface area contributed by atoms with E-state index in [4.69, 9.17) is 5.73 Å². The van der Waals surface area contributed by atoms with Crippen LogP contribution < -0.4 is 5.73 Å². The normalized spacial score (nSPS) is 12.4. The van der Waals surface area contributed by atoms with Crippen LogP contribution in [0.4, 0.5) is 8.78 Å². The zero-order valence-electron chi connectivity index (χ0n) is 10.2. The Labute approximate surface area is 119 Å².